The molecule has 3 aromatic rings. The number of carbonyl (C=O) groups is 1. The van der Waals surface area contributed by atoms with Crippen molar-refractivity contribution in [2.24, 2.45) is 0 Å². The van der Waals surface area contributed by atoms with E-state index >= 15 is 0 Å². The van der Waals surface area contributed by atoms with Crippen molar-refractivity contribution in [1.29, 1.82) is 0 Å². The number of hydrogen-bond acceptors (Lipinski definition) is 5. The van der Waals surface area contributed by atoms with Gasteiger partial charge in [-0.15, -0.1) is 11.3 Å². The smallest absolute Gasteiger partial charge is 0.254 e. The summed E-state index contributed by atoms with van der Waals surface area (Å²) < 4.78 is 32.5. The van der Waals surface area contributed by atoms with Gasteiger partial charge in [0.1, 0.15) is 5.76 Å². The molecule has 0 saturated carbocycles. The van der Waals surface area contributed by atoms with Crippen LogP contribution in [0.25, 0.3) is 0 Å². The van der Waals surface area contributed by atoms with E-state index in [2.05, 4.69) is 10.8 Å². The van der Waals surface area contributed by atoms with E-state index in [1.807, 2.05) is 16.3 Å². The third-order valence-corrected chi connectivity index (χ3v) is 7.20. The van der Waals surface area contributed by atoms with E-state index in [4.69, 9.17) is 4.42 Å². The molecule has 0 radical (unpaired) electrons. The lowest BCUT2D eigenvalue weighted by Gasteiger charge is -2.24. The highest BCUT2D eigenvalue weighted by molar-refractivity contribution is 7.89. The summed E-state index contributed by atoms with van der Waals surface area (Å²) in [5.74, 6) is 0.465. The zero-order valence-corrected chi connectivity index (χ0v) is 16.7. The van der Waals surface area contributed by atoms with Crippen molar-refractivity contribution in [3.8, 4) is 0 Å². The number of nitrogens with zero attached hydrogens (tertiary/aromatic N) is 1. The van der Waals surface area contributed by atoms with Crippen molar-refractivity contribution in [3.63, 3.8) is 0 Å². The Hall–Kier alpha value is -2.42. The van der Waals surface area contributed by atoms with E-state index in [1.54, 1.807) is 35.6 Å². The Bertz CT molecular complexity index is 1030. The average molecular weight is 417 g/mol. The van der Waals surface area contributed by atoms with E-state index in [-0.39, 0.29) is 23.4 Å². The molecule has 1 aliphatic heterocycles. The first-order chi connectivity index (χ1) is 13.5. The number of thiophene rings is 1. The summed E-state index contributed by atoms with van der Waals surface area (Å²) in [6.45, 7) is 0.790. The molecule has 6 nitrogen and oxygen atoms in total. The van der Waals surface area contributed by atoms with Crippen LogP contribution in [0.5, 0.6) is 0 Å². The number of furan rings is 1. The van der Waals surface area contributed by atoms with Gasteiger partial charge in [0.2, 0.25) is 10.0 Å². The summed E-state index contributed by atoms with van der Waals surface area (Å²) in [4.78, 5) is 16.1. The molecule has 1 atom stereocenters. The Morgan fingerprint density at radius 1 is 1.18 bits per heavy atom. The Labute approximate surface area is 167 Å². The van der Waals surface area contributed by atoms with Gasteiger partial charge in [-0.05, 0) is 60.7 Å². The molecule has 2 aromatic heterocycles. The molecule has 1 aliphatic rings. The molecule has 8 heteroatoms. The van der Waals surface area contributed by atoms with E-state index in [9.17, 15) is 13.2 Å². The lowest BCUT2D eigenvalue weighted by atomic mass is 10.1. The van der Waals surface area contributed by atoms with Crippen LogP contribution in [0.2, 0.25) is 0 Å². The Kier molecular flexibility index (Phi) is 5.34. The molecule has 1 N–H and O–H groups in total. The highest BCUT2D eigenvalue weighted by atomic mass is 32.2. The molecular weight excluding hydrogens is 396 g/mol. The van der Waals surface area contributed by atoms with Crippen LogP contribution in [-0.2, 0) is 16.6 Å². The average Bonchev–Trinajstić information content (AvgIpc) is 3.48. The molecule has 1 fully saturated rings. The zero-order valence-electron chi connectivity index (χ0n) is 15.1. The van der Waals surface area contributed by atoms with Crippen LogP contribution < -0.4 is 4.72 Å². The second kappa shape index (κ2) is 7.90. The Morgan fingerprint density at radius 3 is 2.68 bits per heavy atom. The van der Waals surface area contributed by atoms with Crippen molar-refractivity contribution in [1.82, 2.24) is 9.62 Å². The van der Waals surface area contributed by atoms with Gasteiger partial charge in [0, 0.05) is 17.0 Å². The fourth-order valence-corrected chi connectivity index (χ4v) is 5.26. The highest BCUT2D eigenvalue weighted by Gasteiger charge is 2.31. The summed E-state index contributed by atoms with van der Waals surface area (Å²) in [5.41, 5.74) is 0.494. The van der Waals surface area contributed by atoms with Gasteiger partial charge >= 0.3 is 0 Å². The van der Waals surface area contributed by atoms with E-state index in [0.29, 0.717) is 17.9 Å². The molecule has 0 bridgehead atoms. The van der Waals surface area contributed by atoms with E-state index in [0.717, 1.165) is 12.8 Å². The van der Waals surface area contributed by atoms with Crippen LogP contribution in [0, 0.1) is 0 Å². The second-order valence-electron chi connectivity index (χ2n) is 6.60. The van der Waals surface area contributed by atoms with Crippen LogP contribution in [0.1, 0.15) is 39.9 Å². The maximum Gasteiger partial charge on any atom is 0.254 e. The lowest BCUT2D eigenvalue weighted by Crippen LogP contribution is -2.30. The van der Waals surface area contributed by atoms with Gasteiger partial charge in [-0.3, -0.25) is 4.79 Å². The third-order valence-electron chi connectivity index (χ3n) is 4.81. The molecule has 146 valence electrons. The molecular formula is C20H20N2O4S2. The molecule has 3 heterocycles. The second-order valence-corrected chi connectivity index (χ2v) is 9.35. The van der Waals surface area contributed by atoms with Crippen molar-refractivity contribution >= 4 is 27.3 Å². The molecule has 0 aliphatic carbocycles. The van der Waals surface area contributed by atoms with Gasteiger partial charge in [0.25, 0.3) is 5.91 Å². The maximum atomic E-state index is 12.9. The third kappa shape index (κ3) is 3.89. The van der Waals surface area contributed by atoms with Gasteiger partial charge in [0.15, 0.2) is 0 Å². The molecule has 28 heavy (non-hydrogen) atoms. The first-order valence-electron chi connectivity index (χ1n) is 9.01. The van der Waals surface area contributed by atoms with Crippen LogP contribution in [0.15, 0.2) is 69.5 Å². The summed E-state index contributed by atoms with van der Waals surface area (Å²) >= 11 is 1.66. The summed E-state index contributed by atoms with van der Waals surface area (Å²) in [5, 5.41) is 2.02. The van der Waals surface area contributed by atoms with Crippen molar-refractivity contribution in [2.75, 3.05) is 6.54 Å². The minimum absolute atomic E-state index is 0.0663. The van der Waals surface area contributed by atoms with Crippen LogP contribution in [0.3, 0.4) is 0 Å². The summed E-state index contributed by atoms with van der Waals surface area (Å²) in [6.07, 6.45) is 3.42. The van der Waals surface area contributed by atoms with Gasteiger partial charge in [0.05, 0.1) is 23.7 Å². The molecule has 1 aromatic carbocycles. The van der Waals surface area contributed by atoms with Gasteiger partial charge in [-0.1, -0.05) is 6.07 Å². The normalized spacial score (nSPS) is 17.1. The lowest BCUT2D eigenvalue weighted by molar-refractivity contribution is 0.0738. The standard InChI is InChI=1S/C20H20N2O4S2/c23-20(22-11-1-5-18(22)19-6-3-13-27-19)15-7-9-17(10-8-15)28(24,25)21-14-16-4-2-12-26-16/h2-4,6-10,12-13,18,21H,1,5,11,14H2. The number of benzene rings is 1. The molecule has 4 rings (SSSR count). The topological polar surface area (TPSA) is 79.6 Å². The number of likely N-dealkylation sites (tertiary alicyclic amines) is 1. The fourth-order valence-electron chi connectivity index (χ4n) is 3.39. The van der Waals surface area contributed by atoms with Gasteiger partial charge in [-0.25, -0.2) is 13.1 Å². The maximum absolute atomic E-state index is 12.9. The number of carbonyl (C=O) groups excluding carboxylic acids is 1. The van der Waals surface area contributed by atoms with Crippen LogP contribution >= 0.6 is 11.3 Å². The summed E-state index contributed by atoms with van der Waals surface area (Å²) in [6, 6.07) is 13.6. The SMILES string of the molecule is O=C(c1ccc(S(=O)(=O)NCc2ccco2)cc1)N1CCCC1c1cccs1. The first-order valence-corrected chi connectivity index (χ1v) is 11.4. The predicted octanol–water partition coefficient (Wildman–Crippen LogP) is 3.80. The number of amides is 1. The minimum Gasteiger partial charge on any atom is -0.468 e. The number of hydrogen-bond donors (Lipinski definition) is 1. The van der Waals surface area contributed by atoms with Crippen LogP contribution in [0.4, 0.5) is 0 Å². The summed E-state index contributed by atoms with van der Waals surface area (Å²) in [7, 11) is -3.68. The fraction of sp³-hybridized carbons (Fsp3) is 0.250. The number of nitrogens with one attached hydrogen (secondary N) is 1. The predicted molar refractivity (Wildman–Crippen MR) is 107 cm³/mol. The first kappa shape index (κ1) is 18.9. The van der Waals surface area contributed by atoms with E-state index in [1.165, 1.54) is 23.3 Å². The minimum atomic E-state index is -3.68. The van der Waals surface area contributed by atoms with Crippen molar-refractivity contribution < 1.29 is 17.6 Å². The zero-order chi connectivity index (χ0) is 19.6. The monoisotopic (exact) mass is 416 g/mol. The van der Waals surface area contributed by atoms with Crippen molar-refractivity contribution in [3.05, 3.63) is 76.4 Å². The molecule has 1 unspecified atom stereocenters. The van der Waals surface area contributed by atoms with Gasteiger partial charge in [-0.2, -0.15) is 0 Å². The Morgan fingerprint density at radius 2 is 2.00 bits per heavy atom. The molecule has 0 spiro atoms. The number of sulfonamides is 1. The Balaban J connectivity index is 1.47. The van der Waals surface area contributed by atoms with Crippen LogP contribution in [-0.4, -0.2) is 25.8 Å². The van der Waals surface area contributed by atoms with Crippen molar-refractivity contribution in [2.45, 2.75) is 30.3 Å². The molecule has 1 amide bonds. The van der Waals surface area contributed by atoms with E-state index < -0.39 is 10.0 Å². The number of rotatable bonds is 6. The van der Waals surface area contributed by atoms with Gasteiger partial charge < -0.3 is 9.32 Å². The molecule has 1 saturated heterocycles. The largest absolute Gasteiger partial charge is 0.468 e. The quantitative estimate of drug-likeness (QED) is 0.663. The highest BCUT2D eigenvalue weighted by Crippen LogP contribution is 2.35.